The zero-order valence-corrected chi connectivity index (χ0v) is 18.3. The first-order valence-corrected chi connectivity index (χ1v) is 10.3. The number of hydrogen-bond donors (Lipinski definition) is 2. The molecule has 1 unspecified atom stereocenters. The molecular formula is C26H21N3O4. The van der Waals surface area contributed by atoms with Crippen LogP contribution in [0.5, 0.6) is 0 Å². The molecule has 2 aromatic carbocycles. The van der Waals surface area contributed by atoms with Crippen molar-refractivity contribution in [3.05, 3.63) is 92.9 Å². The molecule has 0 aliphatic heterocycles. The third-order valence-electron chi connectivity index (χ3n) is 5.48. The molecule has 4 aromatic rings. The van der Waals surface area contributed by atoms with Crippen LogP contribution in [0.25, 0.3) is 22.3 Å². The van der Waals surface area contributed by atoms with Gasteiger partial charge in [-0.05, 0) is 44.5 Å². The summed E-state index contributed by atoms with van der Waals surface area (Å²) in [6, 6.07) is 17.5. The fraction of sp³-hybridized carbons (Fsp3) is 0.154. The van der Waals surface area contributed by atoms with Gasteiger partial charge in [-0.1, -0.05) is 36.4 Å². The van der Waals surface area contributed by atoms with Crippen LogP contribution >= 0.6 is 0 Å². The summed E-state index contributed by atoms with van der Waals surface area (Å²) in [5, 5.41) is 22.2. The summed E-state index contributed by atoms with van der Waals surface area (Å²) in [6.07, 6.45) is 0. The van der Waals surface area contributed by atoms with E-state index in [9.17, 15) is 14.7 Å². The first-order chi connectivity index (χ1) is 15.8. The number of nitrogens with zero attached hydrogens (tertiary/aromatic N) is 2. The lowest BCUT2D eigenvalue weighted by molar-refractivity contribution is 0.0691. The molecule has 4 rings (SSSR count). The summed E-state index contributed by atoms with van der Waals surface area (Å²) in [5.74, 6) is -0.749. The molecule has 7 nitrogen and oxygen atoms in total. The average Bonchev–Trinajstić information content (AvgIpc) is 2.81. The Kier molecular flexibility index (Phi) is 5.67. The van der Waals surface area contributed by atoms with Gasteiger partial charge in [0.1, 0.15) is 23.1 Å². The Bertz CT molecular complexity index is 1480. The fourth-order valence-electron chi connectivity index (χ4n) is 3.87. The summed E-state index contributed by atoms with van der Waals surface area (Å²) in [7, 11) is 0. The number of benzene rings is 2. The topological polar surface area (TPSA) is 116 Å². The van der Waals surface area contributed by atoms with Gasteiger partial charge in [-0.3, -0.25) is 4.79 Å². The van der Waals surface area contributed by atoms with E-state index in [0.717, 1.165) is 11.1 Å². The molecule has 2 aromatic heterocycles. The van der Waals surface area contributed by atoms with Crippen LogP contribution < -0.4 is 10.7 Å². The van der Waals surface area contributed by atoms with Gasteiger partial charge >= 0.3 is 5.97 Å². The first kappa shape index (κ1) is 21.8. The minimum atomic E-state index is -1.25. The van der Waals surface area contributed by atoms with Crippen molar-refractivity contribution in [2.75, 3.05) is 5.32 Å². The lowest BCUT2D eigenvalue weighted by Gasteiger charge is -2.19. The fourth-order valence-corrected chi connectivity index (χ4v) is 3.87. The van der Waals surface area contributed by atoms with Gasteiger partial charge in [0.15, 0.2) is 11.1 Å². The van der Waals surface area contributed by atoms with Gasteiger partial charge in [0, 0.05) is 16.7 Å². The van der Waals surface area contributed by atoms with Crippen molar-refractivity contribution < 1.29 is 14.3 Å². The van der Waals surface area contributed by atoms with Crippen molar-refractivity contribution in [1.82, 2.24) is 4.98 Å². The maximum absolute atomic E-state index is 13.2. The highest BCUT2D eigenvalue weighted by molar-refractivity contribution is 5.92. The third-order valence-corrected chi connectivity index (χ3v) is 5.48. The number of aromatic carboxylic acids is 1. The molecule has 2 heterocycles. The van der Waals surface area contributed by atoms with Gasteiger partial charge in [0.2, 0.25) is 0 Å². The number of anilines is 1. The SMILES string of the molecule is Cc1cc(C(C)Nc2ccc(C#N)nc2C(=O)O)c2oc(-c3ccccc3)c(C)c(=O)c2c1. The van der Waals surface area contributed by atoms with Crippen LogP contribution in [0.2, 0.25) is 0 Å². The van der Waals surface area contributed by atoms with Gasteiger partial charge in [0.25, 0.3) is 0 Å². The van der Waals surface area contributed by atoms with Crippen LogP contribution in [0.4, 0.5) is 5.69 Å². The van der Waals surface area contributed by atoms with Gasteiger partial charge in [-0.25, -0.2) is 9.78 Å². The zero-order chi connectivity index (χ0) is 23.7. The second-order valence-corrected chi connectivity index (χ2v) is 7.86. The van der Waals surface area contributed by atoms with Crippen LogP contribution in [-0.2, 0) is 0 Å². The van der Waals surface area contributed by atoms with E-state index in [1.807, 2.05) is 56.3 Å². The molecule has 0 fully saturated rings. The minimum Gasteiger partial charge on any atom is -0.476 e. The summed E-state index contributed by atoms with van der Waals surface area (Å²) >= 11 is 0. The van der Waals surface area contributed by atoms with E-state index in [1.165, 1.54) is 12.1 Å². The van der Waals surface area contributed by atoms with Crippen molar-refractivity contribution in [2.24, 2.45) is 0 Å². The Morgan fingerprint density at radius 2 is 1.88 bits per heavy atom. The van der Waals surface area contributed by atoms with E-state index in [4.69, 9.17) is 9.68 Å². The zero-order valence-electron chi connectivity index (χ0n) is 18.3. The Labute approximate surface area is 190 Å². The highest BCUT2D eigenvalue weighted by Gasteiger charge is 2.21. The highest BCUT2D eigenvalue weighted by Crippen LogP contribution is 2.32. The van der Waals surface area contributed by atoms with E-state index >= 15 is 0 Å². The molecule has 7 heteroatoms. The van der Waals surface area contributed by atoms with Gasteiger partial charge in [0.05, 0.1) is 17.1 Å². The van der Waals surface area contributed by atoms with E-state index in [-0.39, 0.29) is 22.5 Å². The minimum absolute atomic E-state index is 0.0144. The van der Waals surface area contributed by atoms with Crippen LogP contribution in [0.1, 0.15) is 45.8 Å². The number of rotatable bonds is 5. The molecular weight excluding hydrogens is 418 g/mol. The Hall–Kier alpha value is -4.44. The lowest BCUT2D eigenvalue weighted by atomic mass is 9.98. The normalized spacial score (nSPS) is 11.7. The van der Waals surface area contributed by atoms with E-state index in [2.05, 4.69) is 10.3 Å². The maximum atomic E-state index is 13.2. The number of pyridine rings is 1. The predicted molar refractivity (Wildman–Crippen MR) is 125 cm³/mol. The molecule has 0 saturated carbocycles. The standard InChI is InChI=1S/C26H21N3O4/c1-14-11-19(16(3)28-21-10-9-18(13-27)29-22(21)26(31)32)25-20(12-14)23(30)15(2)24(33-25)17-7-5-4-6-8-17/h4-12,16,28H,1-3H3,(H,31,32). The molecule has 2 N–H and O–H groups in total. The number of fused-ring (bicyclic) bond motifs is 1. The number of nitriles is 1. The summed E-state index contributed by atoms with van der Waals surface area (Å²) < 4.78 is 6.30. The third kappa shape index (κ3) is 4.06. The van der Waals surface area contributed by atoms with Crippen molar-refractivity contribution in [1.29, 1.82) is 5.26 Å². The number of hydrogen-bond acceptors (Lipinski definition) is 6. The van der Waals surface area contributed by atoms with Crippen molar-refractivity contribution in [3.8, 4) is 17.4 Å². The van der Waals surface area contributed by atoms with Crippen LogP contribution in [-0.4, -0.2) is 16.1 Å². The highest BCUT2D eigenvalue weighted by atomic mass is 16.4. The summed E-state index contributed by atoms with van der Waals surface area (Å²) in [6.45, 7) is 5.49. The van der Waals surface area contributed by atoms with Crippen LogP contribution in [0.3, 0.4) is 0 Å². The summed E-state index contributed by atoms with van der Waals surface area (Å²) in [4.78, 5) is 28.8. The van der Waals surface area contributed by atoms with Gasteiger partial charge in [-0.15, -0.1) is 0 Å². The number of carboxylic acids is 1. The van der Waals surface area contributed by atoms with E-state index in [0.29, 0.717) is 27.9 Å². The molecule has 1 atom stereocenters. The molecule has 0 aliphatic carbocycles. The molecule has 33 heavy (non-hydrogen) atoms. The molecule has 0 aliphatic rings. The number of nitrogens with one attached hydrogen (secondary N) is 1. The van der Waals surface area contributed by atoms with Crippen molar-refractivity contribution >= 4 is 22.6 Å². The molecule has 0 amide bonds. The summed E-state index contributed by atoms with van der Waals surface area (Å²) in [5.41, 5.74) is 3.26. The quantitative estimate of drug-likeness (QED) is 0.438. The molecule has 0 bridgehead atoms. The number of aryl methyl sites for hydroxylation is 1. The smallest absolute Gasteiger partial charge is 0.356 e. The monoisotopic (exact) mass is 439 g/mol. The number of carboxylic acid groups (broad SMARTS) is 1. The second-order valence-electron chi connectivity index (χ2n) is 7.86. The Morgan fingerprint density at radius 1 is 1.15 bits per heavy atom. The van der Waals surface area contributed by atoms with Crippen LogP contribution in [0, 0.1) is 25.2 Å². The second kappa shape index (κ2) is 8.60. The molecule has 0 saturated heterocycles. The van der Waals surface area contributed by atoms with Crippen LogP contribution in [0.15, 0.2) is 63.8 Å². The first-order valence-electron chi connectivity index (χ1n) is 10.3. The van der Waals surface area contributed by atoms with Crippen molar-refractivity contribution in [2.45, 2.75) is 26.8 Å². The lowest BCUT2D eigenvalue weighted by Crippen LogP contribution is -2.15. The van der Waals surface area contributed by atoms with E-state index < -0.39 is 12.0 Å². The van der Waals surface area contributed by atoms with Gasteiger partial charge in [-0.2, -0.15) is 5.26 Å². The molecule has 0 radical (unpaired) electrons. The average molecular weight is 439 g/mol. The number of aromatic nitrogens is 1. The Morgan fingerprint density at radius 3 is 2.55 bits per heavy atom. The maximum Gasteiger partial charge on any atom is 0.356 e. The van der Waals surface area contributed by atoms with E-state index in [1.54, 1.807) is 13.0 Å². The van der Waals surface area contributed by atoms with Crippen molar-refractivity contribution in [3.63, 3.8) is 0 Å². The largest absolute Gasteiger partial charge is 0.476 e. The van der Waals surface area contributed by atoms with Gasteiger partial charge < -0.3 is 14.8 Å². The Balaban J connectivity index is 1.88. The predicted octanol–water partition coefficient (Wildman–Crippen LogP) is 5.21. The molecule has 164 valence electrons. The molecule has 0 spiro atoms. The number of carbonyl (C=O) groups is 1.